The van der Waals surface area contributed by atoms with Crippen LogP contribution in [-0.2, 0) is 10.3 Å². The molecule has 4 heterocycles. The normalized spacial score (nSPS) is 22.3. The van der Waals surface area contributed by atoms with E-state index in [1.165, 1.54) is 24.1 Å². The van der Waals surface area contributed by atoms with Crippen LogP contribution in [0, 0.1) is 5.92 Å². The van der Waals surface area contributed by atoms with Crippen LogP contribution in [0.3, 0.4) is 0 Å². The third-order valence-corrected chi connectivity index (χ3v) is 7.16. The van der Waals surface area contributed by atoms with Crippen molar-refractivity contribution in [1.29, 1.82) is 0 Å². The first kappa shape index (κ1) is 18.5. The van der Waals surface area contributed by atoms with Crippen molar-refractivity contribution in [3.05, 3.63) is 28.9 Å². The molecule has 2 amide bonds. The highest BCUT2D eigenvalue weighted by Crippen LogP contribution is 2.47. The summed E-state index contributed by atoms with van der Waals surface area (Å²) in [7, 11) is 0. The maximum absolute atomic E-state index is 12.5. The zero-order chi connectivity index (χ0) is 19.8. The molecule has 29 heavy (non-hydrogen) atoms. The first-order chi connectivity index (χ1) is 14.1. The van der Waals surface area contributed by atoms with Crippen LogP contribution >= 0.6 is 11.3 Å². The number of nitrogens with one attached hydrogen (secondary N) is 4. The lowest BCUT2D eigenvalue weighted by molar-refractivity contribution is -0.119. The van der Waals surface area contributed by atoms with E-state index in [1.807, 2.05) is 0 Å². The van der Waals surface area contributed by atoms with Crippen LogP contribution in [-0.4, -0.2) is 34.9 Å². The van der Waals surface area contributed by atoms with E-state index in [4.69, 9.17) is 0 Å². The van der Waals surface area contributed by atoms with Crippen molar-refractivity contribution >= 4 is 39.8 Å². The predicted octanol–water partition coefficient (Wildman–Crippen LogP) is 2.73. The Labute approximate surface area is 172 Å². The zero-order valence-electron chi connectivity index (χ0n) is 16.1. The topological polar surface area (TPSA) is 108 Å². The van der Waals surface area contributed by atoms with E-state index in [0.717, 1.165) is 54.1 Å². The molecule has 0 radical (unpaired) electrons. The standard InChI is InChI=1S/C20H24N6O2S/c27-18(12-4-7-21-10-12)25-15-9-14(22-11-23-15)24-16-8-13-17(29-16)19(28)26-20(13)5-2-1-3-6-20/h8-9,11-12,21H,1-7,10H2,(H,26,28)(H2,22,23,24,25,27). The molecule has 152 valence electrons. The number of fused-ring (bicyclic) bond motifs is 2. The molecule has 2 aromatic rings. The number of hydrogen-bond donors (Lipinski definition) is 4. The molecule has 2 aliphatic heterocycles. The highest BCUT2D eigenvalue weighted by Gasteiger charge is 2.45. The molecule has 1 unspecified atom stereocenters. The third-order valence-electron chi connectivity index (χ3n) is 6.11. The summed E-state index contributed by atoms with van der Waals surface area (Å²) in [5.41, 5.74) is 0.923. The Bertz CT molecular complexity index is 946. The van der Waals surface area contributed by atoms with Gasteiger partial charge in [-0.2, -0.15) is 0 Å². The molecule has 1 aliphatic carbocycles. The average molecular weight is 413 g/mol. The Morgan fingerprint density at radius 2 is 2.00 bits per heavy atom. The Balaban J connectivity index is 1.32. The van der Waals surface area contributed by atoms with Crippen LogP contribution < -0.4 is 21.3 Å². The second kappa shape index (κ2) is 7.38. The first-order valence-electron chi connectivity index (χ1n) is 10.2. The van der Waals surface area contributed by atoms with Gasteiger partial charge in [0, 0.05) is 18.2 Å². The van der Waals surface area contributed by atoms with E-state index in [0.29, 0.717) is 18.2 Å². The lowest BCUT2D eigenvalue weighted by Crippen LogP contribution is -2.40. The number of hydrogen-bond acceptors (Lipinski definition) is 7. The number of amides is 2. The van der Waals surface area contributed by atoms with Gasteiger partial charge in [0.25, 0.3) is 5.91 Å². The SMILES string of the molecule is O=C1NC2(CCCCC2)c2cc(Nc3cc(NC(=O)C4CCNC4)ncn3)sc21. The molecule has 3 aliphatic rings. The van der Waals surface area contributed by atoms with Gasteiger partial charge in [-0.05, 0) is 31.9 Å². The largest absolute Gasteiger partial charge is 0.342 e. The van der Waals surface area contributed by atoms with Crippen molar-refractivity contribution in [1.82, 2.24) is 20.6 Å². The smallest absolute Gasteiger partial charge is 0.262 e. The second-order valence-electron chi connectivity index (χ2n) is 8.04. The number of aromatic nitrogens is 2. The van der Waals surface area contributed by atoms with Crippen molar-refractivity contribution in [3.63, 3.8) is 0 Å². The molecule has 4 N–H and O–H groups in total. The lowest BCUT2D eigenvalue weighted by atomic mass is 9.78. The fourth-order valence-electron chi connectivity index (χ4n) is 4.59. The molecule has 2 fully saturated rings. The summed E-state index contributed by atoms with van der Waals surface area (Å²) >= 11 is 1.45. The highest BCUT2D eigenvalue weighted by atomic mass is 32.1. The van der Waals surface area contributed by atoms with Gasteiger partial charge in [0.1, 0.15) is 18.0 Å². The van der Waals surface area contributed by atoms with E-state index in [-0.39, 0.29) is 23.3 Å². The maximum Gasteiger partial charge on any atom is 0.262 e. The van der Waals surface area contributed by atoms with Crippen LogP contribution in [0.5, 0.6) is 0 Å². The van der Waals surface area contributed by atoms with E-state index in [2.05, 4.69) is 37.3 Å². The lowest BCUT2D eigenvalue weighted by Gasteiger charge is -2.33. The number of carbonyl (C=O) groups excluding carboxylic acids is 2. The molecule has 1 saturated carbocycles. The van der Waals surface area contributed by atoms with Gasteiger partial charge in [-0.25, -0.2) is 9.97 Å². The van der Waals surface area contributed by atoms with Gasteiger partial charge in [-0.1, -0.05) is 19.3 Å². The van der Waals surface area contributed by atoms with Gasteiger partial charge in [0.2, 0.25) is 5.91 Å². The number of carbonyl (C=O) groups is 2. The Kier molecular flexibility index (Phi) is 4.71. The average Bonchev–Trinajstić information content (AvgIpc) is 3.43. The molecule has 1 saturated heterocycles. The van der Waals surface area contributed by atoms with Crippen molar-refractivity contribution < 1.29 is 9.59 Å². The van der Waals surface area contributed by atoms with Crippen molar-refractivity contribution in [3.8, 4) is 0 Å². The summed E-state index contributed by atoms with van der Waals surface area (Å²) in [5, 5.41) is 13.5. The highest BCUT2D eigenvalue weighted by molar-refractivity contribution is 7.18. The summed E-state index contributed by atoms with van der Waals surface area (Å²) in [4.78, 5) is 34.0. The Morgan fingerprint density at radius 1 is 1.17 bits per heavy atom. The quantitative estimate of drug-likeness (QED) is 0.615. The second-order valence-corrected chi connectivity index (χ2v) is 9.10. The fourth-order valence-corrected chi connectivity index (χ4v) is 5.66. The predicted molar refractivity (Wildman–Crippen MR) is 111 cm³/mol. The van der Waals surface area contributed by atoms with E-state index >= 15 is 0 Å². The van der Waals surface area contributed by atoms with Crippen molar-refractivity contribution in [2.24, 2.45) is 5.92 Å². The Morgan fingerprint density at radius 3 is 2.79 bits per heavy atom. The minimum Gasteiger partial charge on any atom is -0.342 e. The van der Waals surface area contributed by atoms with Crippen LogP contribution in [0.1, 0.15) is 53.8 Å². The summed E-state index contributed by atoms with van der Waals surface area (Å²) in [5.74, 6) is 1.06. The van der Waals surface area contributed by atoms with Crippen LogP contribution in [0.25, 0.3) is 0 Å². The monoisotopic (exact) mass is 412 g/mol. The zero-order valence-corrected chi connectivity index (χ0v) is 16.9. The maximum atomic E-state index is 12.5. The third kappa shape index (κ3) is 3.49. The number of thiophene rings is 1. The van der Waals surface area contributed by atoms with Gasteiger partial charge in [0.05, 0.1) is 21.3 Å². The molecule has 1 spiro atoms. The van der Waals surface area contributed by atoms with Gasteiger partial charge < -0.3 is 21.3 Å². The molecule has 1 atom stereocenters. The first-order valence-corrected chi connectivity index (χ1v) is 11.0. The minimum absolute atomic E-state index is 0.0214. The molecule has 0 aromatic carbocycles. The number of anilines is 3. The molecular formula is C20H24N6O2S. The van der Waals surface area contributed by atoms with Crippen molar-refractivity contribution in [2.75, 3.05) is 23.7 Å². The van der Waals surface area contributed by atoms with Gasteiger partial charge in [0.15, 0.2) is 0 Å². The van der Waals surface area contributed by atoms with E-state index < -0.39 is 0 Å². The number of nitrogens with zero attached hydrogens (tertiary/aromatic N) is 2. The Hall–Kier alpha value is -2.52. The molecule has 0 bridgehead atoms. The van der Waals surface area contributed by atoms with Gasteiger partial charge in [-0.3, -0.25) is 9.59 Å². The van der Waals surface area contributed by atoms with Crippen LogP contribution in [0.15, 0.2) is 18.5 Å². The van der Waals surface area contributed by atoms with Gasteiger partial charge in [-0.15, -0.1) is 11.3 Å². The summed E-state index contributed by atoms with van der Waals surface area (Å²) in [6.45, 7) is 1.57. The minimum atomic E-state index is -0.193. The van der Waals surface area contributed by atoms with Crippen LogP contribution in [0.4, 0.5) is 16.6 Å². The molecule has 9 heteroatoms. The molecule has 5 rings (SSSR count). The van der Waals surface area contributed by atoms with Gasteiger partial charge >= 0.3 is 0 Å². The summed E-state index contributed by atoms with van der Waals surface area (Å²) in [6, 6.07) is 3.80. The molecular weight excluding hydrogens is 388 g/mol. The van der Waals surface area contributed by atoms with Crippen molar-refractivity contribution in [2.45, 2.75) is 44.1 Å². The molecule has 8 nitrogen and oxygen atoms in total. The summed E-state index contributed by atoms with van der Waals surface area (Å²) < 4.78 is 0. The van der Waals surface area contributed by atoms with E-state index in [1.54, 1.807) is 6.07 Å². The fraction of sp³-hybridized carbons (Fsp3) is 0.500. The van der Waals surface area contributed by atoms with E-state index in [9.17, 15) is 9.59 Å². The number of rotatable bonds is 4. The summed E-state index contributed by atoms with van der Waals surface area (Å²) in [6.07, 6.45) is 7.79. The molecule has 2 aromatic heterocycles. The van der Waals surface area contributed by atoms with Crippen LogP contribution in [0.2, 0.25) is 0 Å².